The average molecular weight is 553 g/mol. The van der Waals surface area contributed by atoms with Crippen molar-refractivity contribution in [3.05, 3.63) is 68.3 Å². The lowest BCUT2D eigenvalue weighted by Crippen LogP contribution is -2.44. The van der Waals surface area contributed by atoms with E-state index in [4.69, 9.17) is 23.2 Å². The molecule has 1 amide bonds. The highest BCUT2D eigenvalue weighted by Gasteiger charge is 2.34. The number of Topliss-reactive ketones (excluding diaryl/α,β-unsaturated/α-hetero) is 1. The van der Waals surface area contributed by atoms with Gasteiger partial charge in [0.2, 0.25) is 0 Å². The van der Waals surface area contributed by atoms with Crippen molar-refractivity contribution in [1.29, 1.82) is 0 Å². The van der Waals surface area contributed by atoms with Crippen molar-refractivity contribution in [2.24, 2.45) is 11.8 Å². The van der Waals surface area contributed by atoms with Gasteiger partial charge in [0.05, 0.1) is 32.3 Å². The Morgan fingerprint density at radius 1 is 1.03 bits per heavy atom. The summed E-state index contributed by atoms with van der Waals surface area (Å²) >= 11 is 13.0. The van der Waals surface area contributed by atoms with Gasteiger partial charge in [-0.2, -0.15) is 13.2 Å². The highest BCUT2D eigenvalue weighted by atomic mass is 35.5. The van der Waals surface area contributed by atoms with Gasteiger partial charge in [0.25, 0.3) is 11.8 Å². The number of hydrogen-bond donors (Lipinski definition) is 0. The molecule has 37 heavy (non-hydrogen) atoms. The Bertz CT molecular complexity index is 1450. The lowest BCUT2D eigenvalue weighted by molar-refractivity contribution is -0.137. The average Bonchev–Trinajstić information content (AvgIpc) is 3.15. The van der Waals surface area contributed by atoms with Crippen LogP contribution in [0.1, 0.15) is 57.7 Å². The van der Waals surface area contributed by atoms with Gasteiger partial charge < -0.3 is 4.90 Å². The van der Waals surface area contributed by atoms with Crippen molar-refractivity contribution in [1.82, 2.24) is 9.47 Å². The molecule has 10 heteroatoms. The number of hydrogen-bond acceptors (Lipinski definition) is 3. The number of aromatic nitrogens is 1. The van der Waals surface area contributed by atoms with Gasteiger partial charge in [-0.15, -0.1) is 0 Å². The summed E-state index contributed by atoms with van der Waals surface area (Å²) in [7, 11) is 0. The van der Waals surface area contributed by atoms with Crippen LogP contribution in [-0.2, 0) is 11.0 Å². The van der Waals surface area contributed by atoms with E-state index in [1.807, 2.05) is 6.92 Å². The number of nitrogens with zero attached hydrogens (tertiary/aromatic N) is 2. The molecule has 1 aliphatic rings. The van der Waals surface area contributed by atoms with Gasteiger partial charge in [-0.3, -0.25) is 19.0 Å². The standard InChI is InChI=1S/C27H25Cl2F3N2O3/c1-13-9-17(27(30,31)32)10-20-15(3)12-34(24(13)20)26(37)22-21(28)6-5-19(23(22)29)25(36)33-8-7-18(16(4)35)14(2)11-33/h5-6,9-10,12,14,18H,7-8,11H2,1-4H3/t14-,18+/m1/s1. The van der Waals surface area contributed by atoms with E-state index < -0.39 is 17.6 Å². The van der Waals surface area contributed by atoms with E-state index in [0.717, 1.165) is 12.1 Å². The maximum atomic E-state index is 13.7. The fraction of sp³-hybridized carbons (Fsp3) is 0.370. The van der Waals surface area contributed by atoms with Crippen LogP contribution in [0, 0.1) is 25.7 Å². The molecule has 3 aromatic rings. The molecule has 0 bridgehead atoms. The third-order valence-corrected chi connectivity index (χ3v) is 7.79. The maximum absolute atomic E-state index is 13.7. The summed E-state index contributed by atoms with van der Waals surface area (Å²) in [5, 5.41) is 0.162. The van der Waals surface area contributed by atoms with Crippen molar-refractivity contribution >= 4 is 51.7 Å². The molecule has 0 aliphatic carbocycles. The fourth-order valence-electron chi connectivity index (χ4n) is 5.19. The molecule has 2 atom stereocenters. The fourth-order valence-corrected chi connectivity index (χ4v) is 5.80. The number of likely N-dealkylation sites (tertiary alicyclic amines) is 1. The quantitative estimate of drug-likeness (QED) is 0.353. The number of carbonyl (C=O) groups excluding carboxylic acids is 3. The number of benzene rings is 2. The zero-order valence-electron chi connectivity index (χ0n) is 20.7. The molecule has 1 fully saturated rings. The topological polar surface area (TPSA) is 59.4 Å². The number of fused-ring (bicyclic) bond motifs is 1. The van der Waals surface area contributed by atoms with Crippen molar-refractivity contribution in [3.63, 3.8) is 0 Å². The number of rotatable bonds is 3. The molecule has 5 nitrogen and oxygen atoms in total. The van der Waals surface area contributed by atoms with E-state index in [2.05, 4.69) is 0 Å². The van der Waals surface area contributed by atoms with Crippen LogP contribution in [0.2, 0.25) is 10.0 Å². The monoisotopic (exact) mass is 552 g/mol. The lowest BCUT2D eigenvalue weighted by atomic mass is 9.84. The third-order valence-electron chi connectivity index (χ3n) is 7.09. The van der Waals surface area contributed by atoms with Crippen molar-refractivity contribution in [3.8, 4) is 0 Å². The Morgan fingerprint density at radius 3 is 2.30 bits per heavy atom. The van der Waals surface area contributed by atoms with Gasteiger partial charge in [0.1, 0.15) is 5.78 Å². The second-order valence-electron chi connectivity index (χ2n) is 9.69. The van der Waals surface area contributed by atoms with Crippen LogP contribution < -0.4 is 0 Å². The first kappa shape index (κ1) is 27.2. The molecule has 1 saturated heterocycles. The largest absolute Gasteiger partial charge is 0.416 e. The van der Waals surface area contributed by atoms with Crippen LogP contribution >= 0.6 is 23.2 Å². The number of alkyl halides is 3. The van der Waals surface area contributed by atoms with Gasteiger partial charge in [-0.25, -0.2) is 0 Å². The predicted molar refractivity (Wildman–Crippen MR) is 136 cm³/mol. The predicted octanol–water partition coefficient (Wildman–Crippen LogP) is 6.96. The second-order valence-corrected chi connectivity index (χ2v) is 10.5. The summed E-state index contributed by atoms with van der Waals surface area (Å²) in [5.74, 6) is -1.10. The van der Waals surface area contributed by atoms with Gasteiger partial charge in [-0.05, 0) is 68.5 Å². The van der Waals surface area contributed by atoms with E-state index in [1.165, 1.54) is 29.8 Å². The summed E-state index contributed by atoms with van der Waals surface area (Å²) in [6.45, 7) is 7.31. The van der Waals surface area contributed by atoms with Crippen molar-refractivity contribution < 1.29 is 27.6 Å². The lowest BCUT2D eigenvalue weighted by Gasteiger charge is -2.36. The number of carbonyl (C=O) groups is 3. The van der Waals surface area contributed by atoms with Crippen LogP contribution in [-0.4, -0.2) is 40.2 Å². The first-order valence-electron chi connectivity index (χ1n) is 11.7. The third kappa shape index (κ3) is 4.89. The minimum atomic E-state index is -4.53. The minimum absolute atomic E-state index is 0.0132. The molecule has 0 N–H and O–H groups in total. The maximum Gasteiger partial charge on any atom is 0.416 e. The second kappa shape index (κ2) is 9.80. The number of halogens is 5. The minimum Gasteiger partial charge on any atom is -0.338 e. The van der Waals surface area contributed by atoms with E-state index >= 15 is 0 Å². The normalized spacial score (nSPS) is 18.4. The molecular weight excluding hydrogens is 528 g/mol. The van der Waals surface area contributed by atoms with Gasteiger partial charge >= 0.3 is 6.18 Å². The zero-order valence-corrected chi connectivity index (χ0v) is 22.2. The van der Waals surface area contributed by atoms with E-state index in [9.17, 15) is 27.6 Å². The molecular formula is C27H25Cl2F3N2O3. The van der Waals surface area contributed by atoms with Crippen LogP contribution in [0.25, 0.3) is 10.9 Å². The molecule has 0 saturated carbocycles. The molecule has 196 valence electrons. The van der Waals surface area contributed by atoms with E-state index in [0.29, 0.717) is 30.6 Å². The van der Waals surface area contributed by atoms with Gasteiger partial charge in [0.15, 0.2) is 0 Å². The van der Waals surface area contributed by atoms with Crippen molar-refractivity contribution in [2.45, 2.75) is 40.3 Å². The molecule has 1 aromatic heterocycles. The molecule has 0 radical (unpaired) electrons. The summed E-state index contributed by atoms with van der Waals surface area (Å²) in [4.78, 5) is 40.5. The Hall–Kier alpha value is -2.84. The summed E-state index contributed by atoms with van der Waals surface area (Å²) in [6, 6.07) is 4.86. The Balaban J connectivity index is 1.75. The summed E-state index contributed by atoms with van der Waals surface area (Å²) in [6.07, 6.45) is -2.56. The number of piperidine rings is 1. The summed E-state index contributed by atoms with van der Waals surface area (Å²) < 4.78 is 41.3. The van der Waals surface area contributed by atoms with Crippen LogP contribution in [0.15, 0.2) is 30.5 Å². The van der Waals surface area contributed by atoms with E-state index in [1.54, 1.807) is 18.7 Å². The van der Waals surface area contributed by atoms with Crippen molar-refractivity contribution in [2.75, 3.05) is 13.1 Å². The SMILES string of the molecule is CC(=O)[C@H]1CCN(C(=O)c2ccc(Cl)c(C(=O)n3cc(C)c4cc(C(F)(F)F)cc(C)c43)c2Cl)C[C@H]1C. The molecule has 2 heterocycles. The number of ketones is 1. The van der Waals surface area contributed by atoms with Crippen LogP contribution in [0.3, 0.4) is 0 Å². The highest BCUT2D eigenvalue weighted by Crippen LogP contribution is 2.37. The van der Waals surface area contributed by atoms with Gasteiger partial charge in [0, 0.05) is 30.6 Å². The molecule has 0 spiro atoms. The Labute approximate surface area is 222 Å². The molecule has 0 unspecified atom stereocenters. The summed E-state index contributed by atoms with van der Waals surface area (Å²) in [5.41, 5.74) is 0.202. The number of aryl methyl sites for hydroxylation is 2. The van der Waals surface area contributed by atoms with Crippen LogP contribution in [0.5, 0.6) is 0 Å². The smallest absolute Gasteiger partial charge is 0.338 e. The molecule has 4 rings (SSSR count). The first-order chi connectivity index (χ1) is 17.2. The highest BCUT2D eigenvalue weighted by molar-refractivity contribution is 6.41. The number of amides is 1. The van der Waals surface area contributed by atoms with Crippen LogP contribution in [0.4, 0.5) is 13.2 Å². The van der Waals surface area contributed by atoms with Gasteiger partial charge in [-0.1, -0.05) is 30.1 Å². The van der Waals surface area contributed by atoms with E-state index in [-0.39, 0.29) is 55.6 Å². The zero-order chi connectivity index (χ0) is 27.4. The first-order valence-corrected chi connectivity index (χ1v) is 12.5. The Morgan fingerprint density at radius 2 is 1.70 bits per heavy atom. The Kier molecular flexibility index (Phi) is 7.20. The molecule has 2 aromatic carbocycles. The molecule has 1 aliphatic heterocycles.